The molecular weight excluding hydrogens is 218 g/mol. The Balaban J connectivity index is 2.37. The molecule has 2 rings (SSSR count). The molecule has 1 aromatic rings. The molecule has 0 aromatic heterocycles. The highest BCUT2D eigenvalue weighted by Crippen LogP contribution is 2.30. The van der Waals surface area contributed by atoms with Gasteiger partial charge in [0.2, 0.25) is 0 Å². The summed E-state index contributed by atoms with van der Waals surface area (Å²) in [5, 5.41) is 0. The van der Waals surface area contributed by atoms with E-state index in [0.29, 0.717) is 12.1 Å². The molecule has 0 N–H and O–H groups in total. The van der Waals surface area contributed by atoms with Gasteiger partial charge < -0.3 is 9.64 Å². The van der Waals surface area contributed by atoms with Crippen molar-refractivity contribution in [2.45, 2.75) is 37.8 Å². The maximum atomic E-state index is 5.55. The standard InChI is InChI=1S/C13H19NOS/c1-9-4-5-13(16)12(6-9)14-10(2)7-15-8-11(14)3/h4-6,10-11,16H,7-8H2,1-3H3/t10-,11-/m0/s1. The molecule has 2 atom stereocenters. The normalized spacial score (nSPS) is 25.9. The molecule has 0 bridgehead atoms. The molecule has 0 saturated carbocycles. The Morgan fingerprint density at radius 3 is 2.50 bits per heavy atom. The van der Waals surface area contributed by atoms with Crippen LogP contribution in [0.3, 0.4) is 0 Å². The van der Waals surface area contributed by atoms with E-state index in [-0.39, 0.29) is 0 Å². The first-order valence-electron chi connectivity index (χ1n) is 5.75. The number of aryl methyl sites for hydroxylation is 1. The number of hydrogen-bond acceptors (Lipinski definition) is 3. The maximum Gasteiger partial charge on any atom is 0.0668 e. The Labute approximate surface area is 103 Å². The van der Waals surface area contributed by atoms with Crippen LogP contribution >= 0.6 is 12.6 Å². The van der Waals surface area contributed by atoms with Crippen molar-refractivity contribution >= 4 is 18.3 Å². The molecule has 0 spiro atoms. The van der Waals surface area contributed by atoms with E-state index in [1.165, 1.54) is 11.3 Å². The molecule has 16 heavy (non-hydrogen) atoms. The third-order valence-corrected chi connectivity index (χ3v) is 3.46. The van der Waals surface area contributed by atoms with Crippen LogP contribution in [0.4, 0.5) is 5.69 Å². The molecule has 1 heterocycles. The minimum absolute atomic E-state index is 0.413. The predicted octanol–water partition coefficient (Wildman–Crippen LogP) is 2.90. The number of anilines is 1. The molecule has 88 valence electrons. The number of morpholine rings is 1. The average molecular weight is 237 g/mol. The number of rotatable bonds is 1. The molecule has 0 radical (unpaired) electrons. The van der Waals surface area contributed by atoms with Crippen molar-refractivity contribution in [3.63, 3.8) is 0 Å². The Morgan fingerprint density at radius 2 is 1.88 bits per heavy atom. The monoisotopic (exact) mass is 237 g/mol. The summed E-state index contributed by atoms with van der Waals surface area (Å²) in [7, 11) is 0. The quantitative estimate of drug-likeness (QED) is 0.754. The molecule has 0 unspecified atom stereocenters. The van der Waals surface area contributed by atoms with Gasteiger partial charge in [-0.3, -0.25) is 0 Å². The smallest absolute Gasteiger partial charge is 0.0668 e. The van der Waals surface area contributed by atoms with Crippen molar-refractivity contribution < 1.29 is 4.74 Å². The lowest BCUT2D eigenvalue weighted by atomic mass is 10.1. The van der Waals surface area contributed by atoms with Gasteiger partial charge in [-0.1, -0.05) is 6.07 Å². The fraction of sp³-hybridized carbons (Fsp3) is 0.538. The molecule has 3 heteroatoms. The van der Waals surface area contributed by atoms with Crippen LogP contribution in [0.15, 0.2) is 23.1 Å². The Bertz CT molecular complexity index is 370. The van der Waals surface area contributed by atoms with Gasteiger partial charge in [0.25, 0.3) is 0 Å². The molecule has 1 aliphatic rings. The Morgan fingerprint density at radius 1 is 1.25 bits per heavy atom. The minimum atomic E-state index is 0.413. The van der Waals surface area contributed by atoms with Crippen molar-refractivity contribution in [3.05, 3.63) is 23.8 Å². The molecular formula is C13H19NOS. The second-order valence-electron chi connectivity index (χ2n) is 4.63. The van der Waals surface area contributed by atoms with Crippen LogP contribution in [0.5, 0.6) is 0 Å². The minimum Gasteiger partial charge on any atom is -0.377 e. The van der Waals surface area contributed by atoms with Gasteiger partial charge in [-0.05, 0) is 38.5 Å². The van der Waals surface area contributed by atoms with E-state index >= 15 is 0 Å². The zero-order chi connectivity index (χ0) is 11.7. The Hall–Kier alpha value is -0.670. The molecule has 1 fully saturated rings. The van der Waals surface area contributed by atoms with Gasteiger partial charge in [-0.25, -0.2) is 0 Å². The maximum absolute atomic E-state index is 5.55. The second kappa shape index (κ2) is 4.68. The van der Waals surface area contributed by atoms with Crippen molar-refractivity contribution in [3.8, 4) is 0 Å². The van der Waals surface area contributed by atoms with E-state index in [1.54, 1.807) is 0 Å². The van der Waals surface area contributed by atoms with E-state index in [1.807, 2.05) is 0 Å². The van der Waals surface area contributed by atoms with Crippen molar-refractivity contribution in [2.75, 3.05) is 18.1 Å². The SMILES string of the molecule is Cc1ccc(S)c(N2[C@@H](C)COC[C@@H]2C)c1. The number of nitrogens with zero attached hydrogens (tertiary/aromatic N) is 1. The summed E-state index contributed by atoms with van der Waals surface area (Å²) in [5.41, 5.74) is 2.50. The van der Waals surface area contributed by atoms with Gasteiger partial charge in [-0.2, -0.15) is 0 Å². The predicted molar refractivity (Wildman–Crippen MR) is 70.7 cm³/mol. The van der Waals surface area contributed by atoms with E-state index in [4.69, 9.17) is 4.74 Å². The summed E-state index contributed by atoms with van der Waals surface area (Å²) in [6, 6.07) is 7.21. The van der Waals surface area contributed by atoms with Crippen molar-refractivity contribution in [2.24, 2.45) is 0 Å². The van der Waals surface area contributed by atoms with Crippen molar-refractivity contribution in [1.29, 1.82) is 0 Å². The van der Waals surface area contributed by atoms with Crippen LogP contribution in [0.25, 0.3) is 0 Å². The first-order chi connectivity index (χ1) is 7.59. The molecule has 1 saturated heterocycles. The average Bonchev–Trinajstić information content (AvgIpc) is 2.23. The van der Waals surface area contributed by atoms with Gasteiger partial charge in [0, 0.05) is 17.0 Å². The molecule has 0 aliphatic carbocycles. The molecule has 2 nitrogen and oxygen atoms in total. The Kier molecular flexibility index (Phi) is 3.45. The highest BCUT2D eigenvalue weighted by atomic mass is 32.1. The summed E-state index contributed by atoms with van der Waals surface area (Å²) in [6.45, 7) is 8.11. The van der Waals surface area contributed by atoms with Gasteiger partial charge in [0.05, 0.1) is 18.9 Å². The van der Waals surface area contributed by atoms with E-state index in [9.17, 15) is 0 Å². The first kappa shape index (κ1) is 11.8. The summed E-state index contributed by atoms with van der Waals surface area (Å²) >= 11 is 4.55. The van der Waals surface area contributed by atoms with Crippen molar-refractivity contribution in [1.82, 2.24) is 0 Å². The van der Waals surface area contributed by atoms with E-state index < -0.39 is 0 Å². The van der Waals surface area contributed by atoms with Crippen LogP contribution < -0.4 is 4.90 Å². The number of hydrogen-bond donors (Lipinski definition) is 1. The molecule has 0 amide bonds. The van der Waals surface area contributed by atoms with Gasteiger partial charge in [0.15, 0.2) is 0 Å². The molecule has 1 aliphatic heterocycles. The topological polar surface area (TPSA) is 12.5 Å². The van der Waals surface area contributed by atoms with Crippen LogP contribution in [0.2, 0.25) is 0 Å². The lowest BCUT2D eigenvalue weighted by Gasteiger charge is -2.41. The van der Waals surface area contributed by atoms with Crippen LogP contribution in [-0.4, -0.2) is 25.3 Å². The number of thiol groups is 1. The third-order valence-electron chi connectivity index (χ3n) is 3.08. The zero-order valence-corrected chi connectivity index (χ0v) is 11.0. The highest BCUT2D eigenvalue weighted by molar-refractivity contribution is 7.80. The molecule has 1 aromatic carbocycles. The fourth-order valence-corrected chi connectivity index (χ4v) is 2.57. The lowest BCUT2D eigenvalue weighted by Crippen LogP contribution is -2.50. The van der Waals surface area contributed by atoms with Crippen LogP contribution in [0.1, 0.15) is 19.4 Å². The van der Waals surface area contributed by atoms with E-state index in [0.717, 1.165) is 18.1 Å². The van der Waals surface area contributed by atoms with Crippen LogP contribution in [0, 0.1) is 6.92 Å². The second-order valence-corrected chi connectivity index (χ2v) is 5.12. The van der Waals surface area contributed by atoms with Gasteiger partial charge in [-0.15, -0.1) is 12.6 Å². The highest BCUT2D eigenvalue weighted by Gasteiger charge is 2.26. The summed E-state index contributed by atoms with van der Waals surface area (Å²) in [4.78, 5) is 3.46. The first-order valence-corrected chi connectivity index (χ1v) is 6.20. The summed E-state index contributed by atoms with van der Waals surface area (Å²) in [5.74, 6) is 0. The van der Waals surface area contributed by atoms with E-state index in [2.05, 4.69) is 56.5 Å². The fourth-order valence-electron chi connectivity index (χ4n) is 2.32. The van der Waals surface area contributed by atoms with Crippen LogP contribution in [-0.2, 0) is 4.74 Å². The third kappa shape index (κ3) is 2.20. The largest absolute Gasteiger partial charge is 0.377 e. The summed E-state index contributed by atoms with van der Waals surface area (Å²) < 4.78 is 5.55. The number of benzene rings is 1. The number of ether oxygens (including phenoxy) is 1. The lowest BCUT2D eigenvalue weighted by molar-refractivity contribution is 0.0754. The van der Waals surface area contributed by atoms with Gasteiger partial charge >= 0.3 is 0 Å². The van der Waals surface area contributed by atoms with Gasteiger partial charge in [0.1, 0.15) is 0 Å². The summed E-state index contributed by atoms with van der Waals surface area (Å²) in [6.07, 6.45) is 0. The zero-order valence-electron chi connectivity index (χ0n) is 10.1.